The van der Waals surface area contributed by atoms with Crippen molar-refractivity contribution in [3.63, 3.8) is 0 Å². The Kier molecular flexibility index (Phi) is 4.40. The van der Waals surface area contributed by atoms with E-state index in [2.05, 4.69) is 12.2 Å². The normalized spacial score (nSPS) is 30.3. The average Bonchev–Trinajstić information content (AvgIpc) is 2.60. The summed E-state index contributed by atoms with van der Waals surface area (Å²) in [7, 11) is 0. The fourth-order valence-corrected chi connectivity index (χ4v) is 2.53. The van der Waals surface area contributed by atoms with Gasteiger partial charge in [0.2, 0.25) is 5.91 Å². The second-order valence-electron chi connectivity index (χ2n) is 5.51. The minimum Gasteiger partial charge on any atom is -0.379 e. The van der Waals surface area contributed by atoms with E-state index in [0.29, 0.717) is 6.54 Å². The van der Waals surface area contributed by atoms with Gasteiger partial charge in [0, 0.05) is 25.2 Å². The summed E-state index contributed by atoms with van der Waals surface area (Å²) in [5.41, 5.74) is 0.00150. The Morgan fingerprint density at radius 2 is 2.00 bits per heavy atom. The highest BCUT2D eigenvalue weighted by Gasteiger charge is 2.30. The molecular weight excluding hydrogens is 216 g/mol. The monoisotopic (exact) mass is 240 g/mol. The molecule has 0 aromatic rings. The SMILES string of the molecule is CC1(NCC(=O)N2CCCCCC2)CCOC1. The van der Waals surface area contributed by atoms with Crippen LogP contribution in [0.5, 0.6) is 0 Å². The summed E-state index contributed by atoms with van der Waals surface area (Å²) in [4.78, 5) is 14.1. The summed E-state index contributed by atoms with van der Waals surface area (Å²) in [5, 5.41) is 3.36. The molecule has 0 aromatic heterocycles. The smallest absolute Gasteiger partial charge is 0.236 e. The Morgan fingerprint density at radius 3 is 2.59 bits per heavy atom. The van der Waals surface area contributed by atoms with Gasteiger partial charge in [-0.15, -0.1) is 0 Å². The number of rotatable bonds is 3. The lowest BCUT2D eigenvalue weighted by atomic mass is 10.0. The molecular formula is C13H24N2O2. The Morgan fingerprint density at radius 1 is 1.29 bits per heavy atom. The van der Waals surface area contributed by atoms with Crippen molar-refractivity contribution in [2.24, 2.45) is 0 Å². The quantitative estimate of drug-likeness (QED) is 0.805. The third-order valence-electron chi connectivity index (χ3n) is 3.84. The fraction of sp³-hybridized carbons (Fsp3) is 0.923. The van der Waals surface area contributed by atoms with Gasteiger partial charge in [-0.1, -0.05) is 12.8 Å². The first-order valence-electron chi connectivity index (χ1n) is 6.80. The van der Waals surface area contributed by atoms with Crippen LogP contribution in [0.2, 0.25) is 0 Å². The molecule has 2 aliphatic rings. The number of carbonyl (C=O) groups excluding carboxylic acids is 1. The maximum atomic E-state index is 12.1. The first-order chi connectivity index (χ1) is 8.20. The van der Waals surface area contributed by atoms with Crippen LogP contribution < -0.4 is 5.32 Å². The number of nitrogens with zero attached hydrogens (tertiary/aromatic N) is 1. The van der Waals surface area contributed by atoms with Gasteiger partial charge in [0.25, 0.3) is 0 Å². The van der Waals surface area contributed by atoms with E-state index in [4.69, 9.17) is 4.74 Å². The van der Waals surface area contributed by atoms with Gasteiger partial charge in [-0.05, 0) is 26.2 Å². The molecule has 2 fully saturated rings. The largest absolute Gasteiger partial charge is 0.379 e. The molecule has 0 bridgehead atoms. The molecule has 1 unspecified atom stereocenters. The fourth-order valence-electron chi connectivity index (χ4n) is 2.53. The van der Waals surface area contributed by atoms with Gasteiger partial charge < -0.3 is 15.0 Å². The van der Waals surface area contributed by atoms with Gasteiger partial charge in [0.15, 0.2) is 0 Å². The molecule has 98 valence electrons. The van der Waals surface area contributed by atoms with E-state index in [1.54, 1.807) is 0 Å². The molecule has 0 aliphatic carbocycles. The standard InChI is InChI=1S/C13H24N2O2/c1-13(6-9-17-11-13)14-10-12(16)15-7-4-2-3-5-8-15/h14H,2-11H2,1H3. The van der Waals surface area contributed by atoms with Gasteiger partial charge in [0.1, 0.15) is 0 Å². The zero-order valence-corrected chi connectivity index (χ0v) is 10.8. The van der Waals surface area contributed by atoms with Crippen molar-refractivity contribution in [1.29, 1.82) is 0 Å². The molecule has 0 saturated carbocycles. The topological polar surface area (TPSA) is 41.6 Å². The Hall–Kier alpha value is -0.610. The highest BCUT2D eigenvalue weighted by Crippen LogP contribution is 2.17. The van der Waals surface area contributed by atoms with Crippen molar-refractivity contribution < 1.29 is 9.53 Å². The average molecular weight is 240 g/mol. The maximum absolute atomic E-state index is 12.1. The molecule has 2 rings (SSSR count). The molecule has 2 heterocycles. The maximum Gasteiger partial charge on any atom is 0.236 e. The van der Waals surface area contributed by atoms with E-state index in [1.807, 2.05) is 4.90 Å². The highest BCUT2D eigenvalue weighted by molar-refractivity contribution is 5.78. The first kappa shape index (κ1) is 12.8. The number of carbonyl (C=O) groups is 1. The van der Waals surface area contributed by atoms with E-state index in [1.165, 1.54) is 12.8 Å². The van der Waals surface area contributed by atoms with Crippen molar-refractivity contribution in [3.05, 3.63) is 0 Å². The lowest BCUT2D eigenvalue weighted by Crippen LogP contribution is -2.48. The molecule has 2 aliphatic heterocycles. The summed E-state index contributed by atoms with van der Waals surface area (Å²) in [6.45, 7) is 6.00. The van der Waals surface area contributed by atoms with Crippen LogP contribution in [0.1, 0.15) is 39.0 Å². The summed E-state index contributed by atoms with van der Waals surface area (Å²) >= 11 is 0. The van der Waals surface area contributed by atoms with E-state index in [-0.39, 0.29) is 11.4 Å². The lowest BCUT2D eigenvalue weighted by Gasteiger charge is -2.26. The van der Waals surface area contributed by atoms with Gasteiger partial charge in [-0.3, -0.25) is 4.79 Å². The predicted octanol–water partition coefficient (Wildman–Crippen LogP) is 1.16. The third-order valence-corrected chi connectivity index (χ3v) is 3.84. The Bertz CT molecular complexity index is 254. The van der Waals surface area contributed by atoms with Gasteiger partial charge in [0.05, 0.1) is 13.2 Å². The molecule has 1 N–H and O–H groups in total. The molecule has 17 heavy (non-hydrogen) atoms. The van der Waals surface area contributed by atoms with Crippen LogP contribution in [-0.4, -0.2) is 49.2 Å². The van der Waals surface area contributed by atoms with Crippen LogP contribution >= 0.6 is 0 Å². The van der Waals surface area contributed by atoms with Crippen molar-refractivity contribution in [1.82, 2.24) is 10.2 Å². The molecule has 0 aromatic carbocycles. The number of likely N-dealkylation sites (tertiary alicyclic amines) is 1. The van der Waals surface area contributed by atoms with Gasteiger partial charge in [-0.2, -0.15) is 0 Å². The second kappa shape index (κ2) is 5.83. The molecule has 0 radical (unpaired) electrons. The van der Waals surface area contributed by atoms with Gasteiger partial charge in [-0.25, -0.2) is 0 Å². The number of hydrogen-bond donors (Lipinski definition) is 1. The molecule has 1 atom stereocenters. The number of hydrogen-bond acceptors (Lipinski definition) is 3. The van der Waals surface area contributed by atoms with Crippen LogP contribution in [0.3, 0.4) is 0 Å². The third kappa shape index (κ3) is 3.68. The number of nitrogens with one attached hydrogen (secondary N) is 1. The zero-order valence-electron chi connectivity index (χ0n) is 10.8. The number of amides is 1. The van der Waals surface area contributed by atoms with E-state index in [9.17, 15) is 4.79 Å². The Labute approximate surface area is 104 Å². The van der Waals surface area contributed by atoms with E-state index < -0.39 is 0 Å². The van der Waals surface area contributed by atoms with Crippen LogP contribution in [0.15, 0.2) is 0 Å². The predicted molar refractivity (Wildman–Crippen MR) is 66.9 cm³/mol. The summed E-state index contributed by atoms with van der Waals surface area (Å²) in [6, 6.07) is 0. The molecule has 4 nitrogen and oxygen atoms in total. The molecule has 1 amide bonds. The van der Waals surface area contributed by atoms with Crippen molar-refractivity contribution in [3.8, 4) is 0 Å². The Balaban J connectivity index is 1.75. The molecule has 4 heteroatoms. The zero-order chi connectivity index (χ0) is 12.1. The van der Waals surface area contributed by atoms with Crippen molar-refractivity contribution >= 4 is 5.91 Å². The van der Waals surface area contributed by atoms with Gasteiger partial charge >= 0.3 is 0 Å². The summed E-state index contributed by atoms with van der Waals surface area (Å²) < 4.78 is 5.37. The van der Waals surface area contributed by atoms with Crippen LogP contribution in [0.25, 0.3) is 0 Å². The van der Waals surface area contributed by atoms with Crippen LogP contribution in [-0.2, 0) is 9.53 Å². The van der Waals surface area contributed by atoms with Crippen molar-refractivity contribution in [2.45, 2.75) is 44.6 Å². The first-order valence-corrected chi connectivity index (χ1v) is 6.80. The summed E-state index contributed by atoms with van der Waals surface area (Å²) in [5.74, 6) is 0.250. The molecule has 2 saturated heterocycles. The van der Waals surface area contributed by atoms with Crippen LogP contribution in [0.4, 0.5) is 0 Å². The minimum absolute atomic E-state index is 0.00150. The highest BCUT2D eigenvalue weighted by atomic mass is 16.5. The minimum atomic E-state index is 0.00150. The second-order valence-corrected chi connectivity index (χ2v) is 5.51. The van der Waals surface area contributed by atoms with E-state index in [0.717, 1.165) is 45.6 Å². The summed E-state index contributed by atoms with van der Waals surface area (Å²) in [6.07, 6.45) is 5.85. The van der Waals surface area contributed by atoms with E-state index >= 15 is 0 Å². The lowest BCUT2D eigenvalue weighted by molar-refractivity contribution is -0.130. The number of ether oxygens (including phenoxy) is 1. The molecule has 0 spiro atoms. The van der Waals surface area contributed by atoms with Crippen LogP contribution in [0, 0.1) is 0 Å². The van der Waals surface area contributed by atoms with Crippen molar-refractivity contribution in [2.75, 3.05) is 32.8 Å².